The van der Waals surface area contributed by atoms with E-state index in [-0.39, 0.29) is 0 Å². The van der Waals surface area contributed by atoms with Gasteiger partial charge in [0.05, 0.1) is 27.0 Å². The van der Waals surface area contributed by atoms with Crippen molar-refractivity contribution in [2.24, 2.45) is 0 Å². The Balaban J connectivity index is 2.10. The number of fused-ring (bicyclic) bond motifs is 1. The maximum absolute atomic E-state index is 10.8. The Hall–Kier alpha value is -2.79. The zero-order valence-electron chi connectivity index (χ0n) is 13.8. The molecule has 1 heterocycles. The third kappa shape index (κ3) is 2.86. The van der Waals surface area contributed by atoms with Crippen molar-refractivity contribution >= 4 is 10.8 Å². The van der Waals surface area contributed by atoms with Crippen LogP contribution in [0.5, 0.6) is 17.2 Å². The van der Waals surface area contributed by atoms with Crippen LogP contribution in [0.1, 0.15) is 17.4 Å². The smallest absolute Gasteiger partial charge is 0.161 e. The number of ether oxygens (including phenoxy) is 3. The van der Waals surface area contributed by atoms with E-state index in [4.69, 9.17) is 14.2 Å². The van der Waals surface area contributed by atoms with E-state index in [1.165, 1.54) is 0 Å². The average Bonchev–Trinajstić information content (AvgIpc) is 2.65. The molecule has 0 aliphatic heterocycles. The average molecular weight is 325 g/mol. The zero-order chi connectivity index (χ0) is 17.1. The van der Waals surface area contributed by atoms with Crippen LogP contribution >= 0.6 is 0 Å². The first-order chi connectivity index (χ1) is 11.7. The number of methoxy groups -OCH3 is 3. The van der Waals surface area contributed by atoms with Gasteiger partial charge in [-0.2, -0.15) is 0 Å². The first kappa shape index (κ1) is 16.1. The molecule has 1 atom stereocenters. The fourth-order valence-electron chi connectivity index (χ4n) is 2.68. The van der Waals surface area contributed by atoms with E-state index in [1.54, 1.807) is 27.5 Å². The fraction of sp³-hybridized carbons (Fsp3) is 0.211. The molecule has 5 heteroatoms. The van der Waals surface area contributed by atoms with Crippen molar-refractivity contribution < 1.29 is 19.3 Å². The van der Waals surface area contributed by atoms with Crippen LogP contribution in [0.15, 0.2) is 48.7 Å². The maximum atomic E-state index is 10.8. The molecule has 1 aromatic heterocycles. The lowest BCUT2D eigenvalue weighted by molar-refractivity contribution is 0.217. The minimum Gasteiger partial charge on any atom is -0.497 e. The lowest BCUT2D eigenvalue weighted by Crippen LogP contribution is -2.04. The highest BCUT2D eigenvalue weighted by Gasteiger charge is 2.17. The van der Waals surface area contributed by atoms with Crippen LogP contribution in [-0.2, 0) is 0 Å². The van der Waals surface area contributed by atoms with Gasteiger partial charge in [0.1, 0.15) is 11.9 Å². The highest BCUT2D eigenvalue weighted by molar-refractivity contribution is 5.88. The molecule has 2 aromatic carbocycles. The van der Waals surface area contributed by atoms with Gasteiger partial charge in [0.25, 0.3) is 0 Å². The summed E-state index contributed by atoms with van der Waals surface area (Å²) in [5, 5.41) is 12.5. The van der Waals surface area contributed by atoms with Crippen LogP contribution < -0.4 is 14.2 Å². The number of aliphatic hydroxyl groups excluding tert-OH is 1. The van der Waals surface area contributed by atoms with Gasteiger partial charge in [-0.25, -0.2) is 0 Å². The summed E-state index contributed by atoms with van der Waals surface area (Å²) in [5.41, 5.74) is 1.31. The fourth-order valence-corrected chi connectivity index (χ4v) is 2.68. The molecule has 0 saturated carbocycles. The Kier molecular flexibility index (Phi) is 4.53. The van der Waals surface area contributed by atoms with E-state index in [0.717, 1.165) is 22.1 Å². The van der Waals surface area contributed by atoms with E-state index in [9.17, 15) is 5.11 Å². The molecule has 24 heavy (non-hydrogen) atoms. The quantitative estimate of drug-likeness (QED) is 0.779. The first-order valence-electron chi connectivity index (χ1n) is 7.50. The van der Waals surface area contributed by atoms with Crippen LogP contribution in [0.4, 0.5) is 0 Å². The second kappa shape index (κ2) is 6.76. The van der Waals surface area contributed by atoms with Gasteiger partial charge in [-0.05, 0) is 41.3 Å². The van der Waals surface area contributed by atoms with Crippen LogP contribution in [0, 0.1) is 0 Å². The molecule has 0 saturated heterocycles. The van der Waals surface area contributed by atoms with Gasteiger partial charge in [-0.1, -0.05) is 12.1 Å². The maximum Gasteiger partial charge on any atom is 0.161 e. The number of hydrogen-bond donors (Lipinski definition) is 1. The number of aliphatic hydroxyl groups is 1. The summed E-state index contributed by atoms with van der Waals surface area (Å²) in [6.45, 7) is 0. The van der Waals surface area contributed by atoms with Crippen molar-refractivity contribution in [2.45, 2.75) is 6.10 Å². The molecule has 0 bridgehead atoms. The molecule has 124 valence electrons. The zero-order valence-corrected chi connectivity index (χ0v) is 13.8. The number of nitrogens with zero attached hydrogens (tertiary/aromatic N) is 1. The Morgan fingerprint density at radius 2 is 1.54 bits per heavy atom. The van der Waals surface area contributed by atoms with Crippen molar-refractivity contribution in [3.63, 3.8) is 0 Å². The van der Waals surface area contributed by atoms with Gasteiger partial charge < -0.3 is 19.3 Å². The molecule has 0 unspecified atom stereocenters. The number of pyridine rings is 1. The second-order valence-electron chi connectivity index (χ2n) is 5.30. The predicted molar refractivity (Wildman–Crippen MR) is 91.9 cm³/mol. The topological polar surface area (TPSA) is 60.8 Å². The monoisotopic (exact) mass is 325 g/mol. The Labute approximate surface area is 140 Å². The Bertz CT molecular complexity index is 846. The Morgan fingerprint density at radius 3 is 2.17 bits per heavy atom. The molecule has 3 rings (SSSR count). The molecule has 0 fully saturated rings. The standard InChI is InChI=1S/C19H19NO4/c1-22-14-6-4-12(5-7-14)19(21)18-15-11-17(24-3)16(23-2)10-13(15)8-9-20-18/h4-11,19,21H,1-3H3/t19-/m0/s1. The first-order valence-corrected chi connectivity index (χ1v) is 7.50. The summed E-state index contributed by atoms with van der Waals surface area (Å²) in [5.74, 6) is 1.98. The summed E-state index contributed by atoms with van der Waals surface area (Å²) in [6.07, 6.45) is 0.828. The van der Waals surface area contributed by atoms with E-state index in [1.807, 2.05) is 42.5 Å². The van der Waals surface area contributed by atoms with E-state index in [2.05, 4.69) is 4.98 Å². The molecule has 0 radical (unpaired) electrons. The predicted octanol–water partition coefficient (Wildman–Crippen LogP) is 3.34. The van der Waals surface area contributed by atoms with Crippen molar-refractivity contribution in [3.05, 3.63) is 59.9 Å². The van der Waals surface area contributed by atoms with Crippen LogP contribution in [-0.4, -0.2) is 31.4 Å². The third-order valence-corrected chi connectivity index (χ3v) is 3.99. The highest BCUT2D eigenvalue weighted by Crippen LogP contribution is 2.35. The molecule has 5 nitrogen and oxygen atoms in total. The minimum absolute atomic E-state index is 0.568. The largest absolute Gasteiger partial charge is 0.497 e. The summed E-state index contributed by atoms with van der Waals surface area (Å²) in [4.78, 5) is 4.38. The second-order valence-corrected chi connectivity index (χ2v) is 5.30. The van der Waals surface area contributed by atoms with Crippen LogP contribution in [0.2, 0.25) is 0 Å². The van der Waals surface area contributed by atoms with Gasteiger partial charge >= 0.3 is 0 Å². The highest BCUT2D eigenvalue weighted by atomic mass is 16.5. The lowest BCUT2D eigenvalue weighted by Gasteiger charge is -2.15. The molecule has 0 amide bonds. The van der Waals surface area contributed by atoms with Gasteiger partial charge in [0.15, 0.2) is 11.5 Å². The molecule has 0 spiro atoms. The molecular weight excluding hydrogens is 306 g/mol. The summed E-state index contributed by atoms with van der Waals surface area (Å²) >= 11 is 0. The SMILES string of the molecule is COc1ccc([C@H](O)c2nccc3cc(OC)c(OC)cc23)cc1. The van der Waals surface area contributed by atoms with Crippen molar-refractivity contribution in [2.75, 3.05) is 21.3 Å². The number of hydrogen-bond acceptors (Lipinski definition) is 5. The Morgan fingerprint density at radius 1 is 0.875 bits per heavy atom. The van der Waals surface area contributed by atoms with E-state index < -0.39 is 6.10 Å². The number of rotatable bonds is 5. The van der Waals surface area contributed by atoms with Crippen molar-refractivity contribution in [1.82, 2.24) is 4.98 Å². The molecular formula is C19H19NO4. The van der Waals surface area contributed by atoms with Gasteiger partial charge in [0.2, 0.25) is 0 Å². The van der Waals surface area contributed by atoms with Gasteiger partial charge in [0, 0.05) is 11.6 Å². The van der Waals surface area contributed by atoms with Gasteiger partial charge in [-0.3, -0.25) is 4.98 Å². The summed E-state index contributed by atoms with van der Waals surface area (Å²) in [7, 11) is 4.79. The summed E-state index contributed by atoms with van der Waals surface area (Å²) in [6, 6.07) is 12.9. The minimum atomic E-state index is -0.849. The van der Waals surface area contributed by atoms with E-state index >= 15 is 0 Å². The van der Waals surface area contributed by atoms with Gasteiger partial charge in [-0.15, -0.1) is 0 Å². The molecule has 3 aromatic rings. The van der Waals surface area contributed by atoms with Crippen molar-refractivity contribution in [3.8, 4) is 17.2 Å². The normalized spacial score (nSPS) is 12.0. The molecule has 1 N–H and O–H groups in total. The third-order valence-electron chi connectivity index (χ3n) is 3.99. The van der Waals surface area contributed by atoms with Crippen LogP contribution in [0.3, 0.4) is 0 Å². The van der Waals surface area contributed by atoms with Crippen molar-refractivity contribution in [1.29, 1.82) is 0 Å². The molecule has 0 aliphatic rings. The summed E-state index contributed by atoms with van der Waals surface area (Å²) < 4.78 is 15.9. The lowest BCUT2D eigenvalue weighted by atomic mass is 10.0. The molecule has 0 aliphatic carbocycles. The number of aromatic nitrogens is 1. The number of benzene rings is 2. The van der Waals surface area contributed by atoms with E-state index in [0.29, 0.717) is 17.2 Å². The van der Waals surface area contributed by atoms with Crippen LogP contribution in [0.25, 0.3) is 10.8 Å².